The fraction of sp³-hybridized carbons (Fsp3) is 0.500. The van der Waals surface area contributed by atoms with Crippen LogP contribution in [0.3, 0.4) is 0 Å². The fourth-order valence-electron chi connectivity index (χ4n) is 5.89. The number of benzene rings is 1. The van der Waals surface area contributed by atoms with Gasteiger partial charge in [0, 0.05) is 55.8 Å². The molecule has 4 N–H and O–H groups in total. The second-order valence-corrected chi connectivity index (χ2v) is 13.2. The molecule has 3 aliphatic heterocycles. The maximum absolute atomic E-state index is 13.9. The van der Waals surface area contributed by atoms with Crippen molar-refractivity contribution in [2.24, 2.45) is 5.84 Å². The molecule has 3 saturated heterocycles. The number of aromatic nitrogens is 3. The lowest BCUT2D eigenvalue weighted by atomic mass is 9.97. The van der Waals surface area contributed by atoms with Crippen molar-refractivity contribution in [1.82, 2.24) is 24.5 Å². The number of piperidine rings is 1. The Morgan fingerprint density at radius 1 is 1.12 bits per heavy atom. The normalized spacial score (nSPS) is 22.6. The number of β-amino-alcohol motifs (C(OH)–C–C–N with tert-alkyl or cyclic N) is 1. The molecule has 214 valence electrons. The van der Waals surface area contributed by atoms with Gasteiger partial charge in [0.2, 0.25) is 10.0 Å². The SMILES string of the molecule is CS(=O)(=O)Nc1ccc(Cl)cc1C(=O)N1CCCC[C@H]1c1cc2nc(N3CC[C@@H](O)C3)cc(C3CN(N)C3)n2n1. The maximum Gasteiger partial charge on any atom is 0.256 e. The number of anilines is 2. The third-order valence-electron chi connectivity index (χ3n) is 7.89. The molecular formula is C26H33ClN8O4S. The van der Waals surface area contributed by atoms with Crippen LogP contribution in [0.2, 0.25) is 5.02 Å². The monoisotopic (exact) mass is 588 g/mol. The van der Waals surface area contributed by atoms with Crippen LogP contribution in [0.25, 0.3) is 5.65 Å². The maximum atomic E-state index is 13.9. The summed E-state index contributed by atoms with van der Waals surface area (Å²) in [6.45, 7) is 3.17. The van der Waals surface area contributed by atoms with Crippen LogP contribution in [-0.2, 0) is 10.0 Å². The highest BCUT2D eigenvalue weighted by Gasteiger charge is 2.34. The largest absolute Gasteiger partial charge is 0.391 e. The number of hydrogen-bond donors (Lipinski definition) is 3. The van der Waals surface area contributed by atoms with Crippen molar-refractivity contribution in [2.75, 3.05) is 48.6 Å². The number of likely N-dealkylation sites (tertiary alicyclic amines) is 1. The van der Waals surface area contributed by atoms with E-state index in [9.17, 15) is 18.3 Å². The van der Waals surface area contributed by atoms with Gasteiger partial charge in [0.15, 0.2) is 5.65 Å². The number of fused-ring (bicyclic) bond motifs is 1. The van der Waals surface area contributed by atoms with Crippen molar-refractivity contribution in [3.05, 3.63) is 52.3 Å². The Balaban J connectivity index is 1.38. The Morgan fingerprint density at radius 2 is 1.93 bits per heavy atom. The number of nitrogens with zero attached hydrogens (tertiary/aromatic N) is 6. The zero-order chi connectivity index (χ0) is 28.2. The van der Waals surface area contributed by atoms with Gasteiger partial charge in [-0.15, -0.1) is 0 Å². The Labute approximate surface area is 237 Å². The molecule has 14 heteroatoms. The number of nitrogens with one attached hydrogen (secondary N) is 1. The van der Waals surface area contributed by atoms with E-state index in [-0.39, 0.29) is 35.2 Å². The molecule has 0 aliphatic carbocycles. The molecular weight excluding hydrogens is 556 g/mol. The topological polar surface area (TPSA) is 149 Å². The summed E-state index contributed by atoms with van der Waals surface area (Å²) in [7, 11) is -3.61. The molecule has 3 fully saturated rings. The number of rotatable bonds is 6. The van der Waals surface area contributed by atoms with E-state index in [0.717, 1.165) is 42.8 Å². The van der Waals surface area contributed by atoms with Crippen molar-refractivity contribution < 1.29 is 18.3 Å². The number of hydrazine groups is 1. The van der Waals surface area contributed by atoms with Crippen LogP contribution < -0.4 is 15.5 Å². The first-order chi connectivity index (χ1) is 19.1. The number of sulfonamides is 1. The van der Waals surface area contributed by atoms with Crippen LogP contribution in [-0.4, -0.2) is 89.0 Å². The molecule has 3 aliphatic rings. The van der Waals surface area contributed by atoms with E-state index >= 15 is 0 Å². The van der Waals surface area contributed by atoms with Crippen molar-refractivity contribution >= 4 is 44.7 Å². The lowest BCUT2D eigenvalue weighted by Crippen LogP contribution is -2.50. The molecule has 3 aromatic rings. The van der Waals surface area contributed by atoms with Crippen LogP contribution in [0, 0.1) is 0 Å². The van der Waals surface area contributed by atoms with Crippen molar-refractivity contribution in [2.45, 2.75) is 43.7 Å². The third kappa shape index (κ3) is 5.36. The van der Waals surface area contributed by atoms with Gasteiger partial charge in [-0.2, -0.15) is 5.10 Å². The van der Waals surface area contributed by atoms with Gasteiger partial charge in [-0.05, 0) is 43.9 Å². The minimum atomic E-state index is -3.61. The van der Waals surface area contributed by atoms with Gasteiger partial charge < -0.3 is 14.9 Å². The van der Waals surface area contributed by atoms with Crippen LogP contribution in [0.15, 0.2) is 30.3 Å². The van der Waals surface area contributed by atoms with Crippen molar-refractivity contribution in [1.29, 1.82) is 0 Å². The summed E-state index contributed by atoms with van der Waals surface area (Å²) in [4.78, 5) is 22.7. The van der Waals surface area contributed by atoms with E-state index in [4.69, 9.17) is 27.5 Å². The number of aliphatic hydroxyl groups is 1. The second kappa shape index (κ2) is 10.5. The standard InChI is InChI=1S/C26H33ClN8O4S/c1-40(38,39)31-20-6-5-17(27)10-19(20)26(37)34-8-3-2-4-22(34)21-11-25-29-24(32-9-7-18(36)15-32)12-23(35(25)30-21)16-13-33(28)14-16/h5-6,10-12,16,18,22,31,36H,2-4,7-9,13-15,28H2,1H3/t18-,22+/m1/s1. The van der Waals surface area contributed by atoms with E-state index < -0.39 is 10.0 Å². The van der Waals surface area contributed by atoms with E-state index in [0.29, 0.717) is 49.7 Å². The lowest BCUT2D eigenvalue weighted by molar-refractivity contribution is 0.0606. The zero-order valence-corrected chi connectivity index (χ0v) is 23.8. The highest BCUT2D eigenvalue weighted by Crippen LogP contribution is 2.36. The van der Waals surface area contributed by atoms with Gasteiger partial charge in [-0.1, -0.05) is 11.6 Å². The molecule has 0 bridgehead atoms. The summed E-state index contributed by atoms with van der Waals surface area (Å²) >= 11 is 6.23. The first-order valence-corrected chi connectivity index (χ1v) is 15.7. The summed E-state index contributed by atoms with van der Waals surface area (Å²) < 4.78 is 28.3. The van der Waals surface area contributed by atoms with E-state index in [1.54, 1.807) is 16.0 Å². The third-order valence-corrected chi connectivity index (χ3v) is 8.71. The Morgan fingerprint density at radius 3 is 2.62 bits per heavy atom. The van der Waals surface area contributed by atoms with Gasteiger partial charge in [-0.3, -0.25) is 15.4 Å². The van der Waals surface area contributed by atoms with Gasteiger partial charge in [-0.25, -0.2) is 22.9 Å². The number of nitrogens with two attached hydrogens (primary N) is 1. The summed E-state index contributed by atoms with van der Waals surface area (Å²) in [5.41, 5.74) is 2.79. The minimum Gasteiger partial charge on any atom is -0.391 e. The molecule has 6 rings (SSSR count). The van der Waals surface area contributed by atoms with E-state index in [1.807, 2.05) is 16.6 Å². The predicted octanol–water partition coefficient (Wildman–Crippen LogP) is 1.97. The molecule has 1 amide bonds. The first-order valence-electron chi connectivity index (χ1n) is 13.5. The Hall–Kier alpha value is -2.97. The molecule has 12 nitrogen and oxygen atoms in total. The van der Waals surface area contributed by atoms with Gasteiger partial charge in [0.05, 0.1) is 41.0 Å². The predicted molar refractivity (Wildman–Crippen MR) is 152 cm³/mol. The molecule has 0 unspecified atom stereocenters. The highest BCUT2D eigenvalue weighted by molar-refractivity contribution is 7.92. The summed E-state index contributed by atoms with van der Waals surface area (Å²) in [6.07, 6.45) is 3.83. The molecule has 0 saturated carbocycles. The second-order valence-electron chi connectivity index (χ2n) is 11.0. The molecule has 0 radical (unpaired) electrons. The summed E-state index contributed by atoms with van der Waals surface area (Å²) in [6, 6.07) is 8.21. The lowest BCUT2D eigenvalue weighted by Gasteiger charge is -2.36. The quantitative estimate of drug-likeness (QED) is 0.367. The van der Waals surface area contributed by atoms with Gasteiger partial charge in [0.1, 0.15) is 5.82 Å². The Kier molecular flexibility index (Phi) is 7.11. The van der Waals surface area contributed by atoms with Crippen LogP contribution in [0.5, 0.6) is 0 Å². The number of hydrogen-bond acceptors (Lipinski definition) is 9. The van der Waals surface area contributed by atoms with Crippen molar-refractivity contribution in [3.8, 4) is 0 Å². The first kappa shape index (κ1) is 27.2. The van der Waals surface area contributed by atoms with Crippen molar-refractivity contribution in [3.63, 3.8) is 0 Å². The fourth-order valence-corrected chi connectivity index (χ4v) is 6.64. The summed E-state index contributed by atoms with van der Waals surface area (Å²) in [5, 5.41) is 17.2. The van der Waals surface area contributed by atoms with E-state index in [2.05, 4.69) is 9.62 Å². The smallest absolute Gasteiger partial charge is 0.256 e. The number of carbonyl (C=O) groups is 1. The van der Waals surface area contributed by atoms with Gasteiger partial charge >= 0.3 is 0 Å². The number of carbonyl (C=O) groups excluding carboxylic acids is 1. The number of aliphatic hydroxyl groups excluding tert-OH is 1. The summed E-state index contributed by atoms with van der Waals surface area (Å²) in [5.74, 6) is 6.64. The van der Waals surface area contributed by atoms with E-state index in [1.165, 1.54) is 12.1 Å². The molecule has 0 spiro atoms. The minimum absolute atomic E-state index is 0.189. The van der Waals surface area contributed by atoms with Crippen LogP contribution in [0.4, 0.5) is 11.5 Å². The molecule has 40 heavy (non-hydrogen) atoms. The molecule has 1 aromatic carbocycles. The Bertz CT molecular complexity index is 1560. The highest BCUT2D eigenvalue weighted by atomic mass is 35.5. The number of amides is 1. The zero-order valence-electron chi connectivity index (χ0n) is 22.2. The van der Waals surface area contributed by atoms with Crippen LogP contribution >= 0.6 is 11.6 Å². The molecule has 2 aromatic heterocycles. The number of halogens is 1. The molecule has 2 atom stereocenters. The van der Waals surface area contributed by atoms with Crippen LogP contribution in [0.1, 0.15) is 59.4 Å². The molecule has 5 heterocycles. The average molecular weight is 589 g/mol. The average Bonchev–Trinajstić information content (AvgIpc) is 3.52. The van der Waals surface area contributed by atoms with Gasteiger partial charge in [0.25, 0.3) is 5.91 Å².